The Hall–Kier alpha value is 0.0500. The standard InChI is InChI=1S/C14H24OS/c1-2-3-4-14(15)10-16-9-13-8-11-5-6-12(13)7-11/h5-6,11-15H,2-4,7-10H2,1H3. The summed E-state index contributed by atoms with van der Waals surface area (Å²) >= 11 is 1.96. The van der Waals surface area contributed by atoms with Crippen molar-refractivity contribution in [3.05, 3.63) is 12.2 Å². The van der Waals surface area contributed by atoms with Gasteiger partial charge in [0.15, 0.2) is 0 Å². The highest BCUT2D eigenvalue weighted by Crippen LogP contribution is 2.44. The van der Waals surface area contributed by atoms with E-state index in [4.69, 9.17) is 0 Å². The number of hydrogen-bond donors (Lipinski definition) is 1. The number of unbranched alkanes of at least 4 members (excludes halogenated alkanes) is 1. The van der Waals surface area contributed by atoms with E-state index in [1.54, 1.807) is 0 Å². The van der Waals surface area contributed by atoms with Gasteiger partial charge in [0.1, 0.15) is 0 Å². The van der Waals surface area contributed by atoms with Crippen LogP contribution in [-0.2, 0) is 0 Å². The van der Waals surface area contributed by atoms with Crippen molar-refractivity contribution >= 4 is 11.8 Å². The van der Waals surface area contributed by atoms with E-state index in [2.05, 4.69) is 19.1 Å². The fourth-order valence-corrected chi connectivity index (χ4v) is 4.23. The lowest BCUT2D eigenvalue weighted by Crippen LogP contribution is -2.14. The fraction of sp³-hybridized carbons (Fsp3) is 0.857. The predicted octanol–water partition coefficient (Wildman–Crippen LogP) is 3.48. The SMILES string of the molecule is CCCCC(O)CSCC1CC2C=CC1C2. The minimum absolute atomic E-state index is 0.0703. The van der Waals surface area contributed by atoms with Crippen molar-refractivity contribution < 1.29 is 5.11 Å². The van der Waals surface area contributed by atoms with Crippen LogP contribution < -0.4 is 0 Å². The topological polar surface area (TPSA) is 20.2 Å². The molecule has 2 aliphatic rings. The maximum absolute atomic E-state index is 9.75. The van der Waals surface area contributed by atoms with Gasteiger partial charge in [-0.2, -0.15) is 11.8 Å². The molecule has 2 aliphatic carbocycles. The summed E-state index contributed by atoms with van der Waals surface area (Å²) in [6, 6.07) is 0. The highest BCUT2D eigenvalue weighted by Gasteiger charge is 2.35. The van der Waals surface area contributed by atoms with Gasteiger partial charge in [-0.1, -0.05) is 31.9 Å². The van der Waals surface area contributed by atoms with Crippen molar-refractivity contribution in [2.45, 2.75) is 45.1 Å². The lowest BCUT2D eigenvalue weighted by molar-refractivity contribution is 0.186. The first kappa shape index (κ1) is 12.5. The zero-order valence-corrected chi connectivity index (χ0v) is 11.1. The van der Waals surface area contributed by atoms with E-state index < -0.39 is 0 Å². The molecule has 2 bridgehead atoms. The Balaban J connectivity index is 1.56. The molecule has 2 heteroatoms. The van der Waals surface area contributed by atoms with Gasteiger partial charge in [-0.3, -0.25) is 0 Å². The van der Waals surface area contributed by atoms with Crippen LogP contribution in [0.2, 0.25) is 0 Å². The van der Waals surface area contributed by atoms with Crippen LogP contribution >= 0.6 is 11.8 Å². The van der Waals surface area contributed by atoms with Crippen LogP contribution in [0.5, 0.6) is 0 Å². The third-order valence-corrected chi connectivity index (χ3v) is 5.23. The predicted molar refractivity (Wildman–Crippen MR) is 71.7 cm³/mol. The Labute approximate surface area is 104 Å². The molecule has 0 aromatic heterocycles. The van der Waals surface area contributed by atoms with Gasteiger partial charge in [0.05, 0.1) is 6.10 Å². The van der Waals surface area contributed by atoms with Gasteiger partial charge in [-0.15, -0.1) is 0 Å². The monoisotopic (exact) mass is 240 g/mol. The number of hydrogen-bond acceptors (Lipinski definition) is 2. The number of rotatable bonds is 7. The van der Waals surface area contributed by atoms with E-state index in [1.807, 2.05) is 11.8 Å². The zero-order valence-electron chi connectivity index (χ0n) is 10.3. The largest absolute Gasteiger partial charge is 0.392 e. The summed E-state index contributed by atoms with van der Waals surface area (Å²) in [4.78, 5) is 0. The van der Waals surface area contributed by atoms with Crippen molar-refractivity contribution in [2.24, 2.45) is 17.8 Å². The molecular weight excluding hydrogens is 216 g/mol. The molecule has 0 heterocycles. The average molecular weight is 240 g/mol. The first-order valence-corrected chi connectivity index (χ1v) is 7.89. The maximum Gasteiger partial charge on any atom is 0.0630 e. The number of allylic oxidation sites excluding steroid dienone is 2. The summed E-state index contributed by atoms with van der Waals surface area (Å²) in [6.07, 6.45) is 10.9. The second-order valence-corrected chi connectivity index (χ2v) is 6.45. The molecule has 0 aromatic rings. The van der Waals surface area contributed by atoms with Crippen molar-refractivity contribution in [1.29, 1.82) is 0 Å². The smallest absolute Gasteiger partial charge is 0.0630 e. The van der Waals surface area contributed by atoms with E-state index in [-0.39, 0.29) is 6.10 Å². The molecule has 1 fully saturated rings. The normalized spacial score (nSPS) is 33.5. The molecule has 16 heavy (non-hydrogen) atoms. The van der Waals surface area contributed by atoms with E-state index in [0.717, 1.165) is 29.9 Å². The molecule has 4 unspecified atom stereocenters. The number of fused-ring (bicyclic) bond motifs is 2. The summed E-state index contributed by atoms with van der Waals surface area (Å²) in [6.45, 7) is 2.18. The number of thioether (sulfide) groups is 1. The summed E-state index contributed by atoms with van der Waals surface area (Å²) < 4.78 is 0. The first-order valence-electron chi connectivity index (χ1n) is 6.73. The van der Waals surface area contributed by atoms with Crippen LogP contribution in [0.25, 0.3) is 0 Å². The quantitative estimate of drug-likeness (QED) is 0.688. The van der Waals surface area contributed by atoms with Crippen molar-refractivity contribution in [3.8, 4) is 0 Å². The van der Waals surface area contributed by atoms with E-state index in [1.165, 1.54) is 31.4 Å². The second-order valence-electron chi connectivity index (χ2n) is 5.37. The van der Waals surface area contributed by atoms with E-state index >= 15 is 0 Å². The highest BCUT2D eigenvalue weighted by atomic mass is 32.2. The van der Waals surface area contributed by atoms with Gasteiger partial charge in [-0.25, -0.2) is 0 Å². The molecular formula is C14H24OS. The molecule has 92 valence electrons. The molecule has 1 saturated carbocycles. The second kappa shape index (κ2) is 6.11. The van der Waals surface area contributed by atoms with Gasteiger partial charge >= 0.3 is 0 Å². The number of aliphatic hydroxyl groups is 1. The van der Waals surface area contributed by atoms with Crippen LogP contribution in [-0.4, -0.2) is 22.7 Å². The number of aliphatic hydroxyl groups excluding tert-OH is 1. The van der Waals surface area contributed by atoms with Gasteiger partial charge in [-0.05, 0) is 42.8 Å². The fourth-order valence-electron chi connectivity index (χ4n) is 2.96. The van der Waals surface area contributed by atoms with Crippen LogP contribution in [0.3, 0.4) is 0 Å². The van der Waals surface area contributed by atoms with Gasteiger partial charge in [0.2, 0.25) is 0 Å². The average Bonchev–Trinajstić information content (AvgIpc) is 2.88. The minimum atomic E-state index is -0.0703. The van der Waals surface area contributed by atoms with Gasteiger partial charge < -0.3 is 5.11 Å². The van der Waals surface area contributed by atoms with E-state index in [0.29, 0.717) is 0 Å². The zero-order chi connectivity index (χ0) is 11.4. The third-order valence-electron chi connectivity index (χ3n) is 3.95. The Morgan fingerprint density at radius 1 is 1.38 bits per heavy atom. The summed E-state index contributed by atoms with van der Waals surface area (Å²) in [5, 5.41) is 9.75. The Kier molecular flexibility index (Phi) is 4.78. The molecule has 0 aromatic carbocycles. The minimum Gasteiger partial charge on any atom is -0.392 e. The molecule has 1 nitrogen and oxygen atoms in total. The molecule has 1 N–H and O–H groups in total. The molecule has 0 spiro atoms. The Morgan fingerprint density at radius 3 is 2.88 bits per heavy atom. The summed E-state index contributed by atoms with van der Waals surface area (Å²) in [7, 11) is 0. The van der Waals surface area contributed by atoms with Crippen LogP contribution in [0.15, 0.2) is 12.2 Å². The molecule has 0 aliphatic heterocycles. The van der Waals surface area contributed by atoms with Crippen molar-refractivity contribution in [3.63, 3.8) is 0 Å². The van der Waals surface area contributed by atoms with Crippen molar-refractivity contribution in [1.82, 2.24) is 0 Å². The molecule has 4 atom stereocenters. The summed E-state index contributed by atoms with van der Waals surface area (Å²) in [5.74, 6) is 4.86. The lowest BCUT2D eigenvalue weighted by atomic mass is 9.96. The Bertz CT molecular complexity index is 239. The third kappa shape index (κ3) is 3.27. The lowest BCUT2D eigenvalue weighted by Gasteiger charge is -2.18. The molecule has 0 radical (unpaired) electrons. The van der Waals surface area contributed by atoms with Crippen molar-refractivity contribution in [2.75, 3.05) is 11.5 Å². The molecule has 0 saturated heterocycles. The van der Waals surface area contributed by atoms with Crippen LogP contribution in [0.1, 0.15) is 39.0 Å². The Morgan fingerprint density at radius 2 is 2.25 bits per heavy atom. The first-order chi connectivity index (χ1) is 7.79. The maximum atomic E-state index is 9.75. The molecule has 2 rings (SSSR count). The van der Waals surface area contributed by atoms with Crippen LogP contribution in [0.4, 0.5) is 0 Å². The molecule has 0 amide bonds. The van der Waals surface area contributed by atoms with Crippen LogP contribution in [0, 0.1) is 17.8 Å². The van der Waals surface area contributed by atoms with E-state index in [9.17, 15) is 5.11 Å². The summed E-state index contributed by atoms with van der Waals surface area (Å²) in [5.41, 5.74) is 0. The van der Waals surface area contributed by atoms with Gasteiger partial charge in [0, 0.05) is 5.75 Å². The highest BCUT2D eigenvalue weighted by molar-refractivity contribution is 7.99. The van der Waals surface area contributed by atoms with Gasteiger partial charge in [0.25, 0.3) is 0 Å².